The second-order valence-corrected chi connectivity index (χ2v) is 3.28. The van der Waals surface area contributed by atoms with Crippen LogP contribution in [0.2, 0.25) is 0 Å². The van der Waals surface area contributed by atoms with Gasteiger partial charge in [0.15, 0.2) is 17.3 Å². The van der Waals surface area contributed by atoms with Crippen LogP contribution in [0.5, 0.6) is 5.75 Å². The van der Waals surface area contributed by atoms with Gasteiger partial charge in [-0.3, -0.25) is 4.79 Å². The van der Waals surface area contributed by atoms with Crippen molar-refractivity contribution in [1.82, 2.24) is 0 Å². The number of rotatable bonds is 3. The average Bonchev–Trinajstić information content (AvgIpc) is 2.18. The van der Waals surface area contributed by atoms with E-state index in [4.69, 9.17) is 0 Å². The maximum absolute atomic E-state index is 13.4. The van der Waals surface area contributed by atoms with Crippen molar-refractivity contribution >= 4 is 21.7 Å². The van der Waals surface area contributed by atoms with Gasteiger partial charge in [0.25, 0.3) is 0 Å². The van der Waals surface area contributed by atoms with Gasteiger partial charge in [-0.1, -0.05) is 22.0 Å². The summed E-state index contributed by atoms with van der Waals surface area (Å²) in [5, 5.41) is -0.181. The molecule has 0 heterocycles. The zero-order valence-electron chi connectivity index (χ0n) is 7.65. The third kappa shape index (κ3) is 3.19. The molecular formula is C9H5BrF4O2. The van der Waals surface area contributed by atoms with Gasteiger partial charge in [-0.2, -0.15) is 0 Å². The van der Waals surface area contributed by atoms with Crippen molar-refractivity contribution in [3.63, 3.8) is 0 Å². The van der Waals surface area contributed by atoms with Crippen LogP contribution in [0.25, 0.3) is 0 Å². The molecule has 0 spiro atoms. The van der Waals surface area contributed by atoms with Gasteiger partial charge in [0.05, 0.1) is 10.9 Å². The largest absolute Gasteiger partial charge is 0.573 e. The number of hydrogen-bond acceptors (Lipinski definition) is 2. The van der Waals surface area contributed by atoms with Crippen LogP contribution < -0.4 is 4.74 Å². The molecule has 0 amide bonds. The molecule has 0 radical (unpaired) electrons. The summed E-state index contributed by atoms with van der Waals surface area (Å²) in [7, 11) is 0. The quantitative estimate of drug-likeness (QED) is 0.486. The Morgan fingerprint density at radius 3 is 2.50 bits per heavy atom. The first-order valence-corrected chi connectivity index (χ1v) is 5.10. The summed E-state index contributed by atoms with van der Waals surface area (Å²) in [6.07, 6.45) is -4.99. The molecule has 2 nitrogen and oxygen atoms in total. The highest BCUT2D eigenvalue weighted by Crippen LogP contribution is 2.27. The van der Waals surface area contributed by atoms with E-state index in [9.17, 15) is 22.4 Å². The van der Waals surface area contributed by atoms with Crippen LogP contribution in [0.4, 0.5) is 17.6 Å². The van der Waals surface area contributed by atoms with Crippen molar-refractivity contribution in [3.8, 4) is 5.75 Å². The second kappa shape index (κ2) is 4.82. The number of Topliss-reactive ketones (excluding diaryl/α,β-unsaturated/α-hetero) is 1. The van der Waals surface area contributed by atoms with Crippen LogP contribution in [-0.4, -0.2) is 17.5 Å². The van der Waals surface area contributed by atoms with E-state index in [-0.39, 0.29) is 5.33 Å². The van der Waals surface area contributed by atoms with Gasteiger partial charge in [-0.25, -0.2) is 4.39 Å². The van der Waals surface area contributed by atoms with E-state index in [1.165, 1.54) is 0 Å². The predicted octanol–water partition coefficient (Wildman–Crippen LogP) is 3.30. The predicted molar refractivity (Wildman–Crippen MR) is 51.2 cm³/mol. The monoisotopic (exact) mass is 300 g/mol. The zero-order chi connectivity index (χ0) is 12.3. The molecule has 0 aliphatic heterocycles. The molecular weight excluding hydrogens is 296 g/mol. The van der Waals surface area contributed by atoms with Gasteiger partial charge in [0.1, 0.15) is 0 Å². The molecule has 0 saturated carbocycles. The minimum Gasteiger partial charge on any atom is -0.403 e. The van der Waals surface area contributed by atoms with Gasteiger partial charge in [-0.05, 0) is 12.1 Å². The topological polar surface area (TPSA) is 26.3 Å². The summed E-state index contributed by atoms with van der Waals surface area (Å²) in [5.41, 5.74) is -0.446. The van der Waals surface area contributed by atoms with Gasteiger partial charge in [0.2, 0.25) is 0 Å². The third-order valence-corrected chi connectivity index (χ3v) is 2.12. The highest BCUT2D eigenvalue weighted by Gasteiger charge is 2.33. The van der Waals surface area contributed by atoms with Crippen LogP contribution in [0.15, 0.2) is 18.2 Å². The average molecular weight is 301 g/mol. The normalized spacial score (nSPS) is 11.3. The fourth-order valence-corrected chi connectivity index (χ4v) is 1.30. The molecule has 0 unspecified atom stereocenters. The second-order valence-electron chi connectivity index (χ2n) is 2.72. The number of ether oxygens (including phenoxy) is 1. The molecule has 0 aliphatic carbocycles. The lowest BCUT2D eigenvalue weighted by Gasteiger charge is -2.10. The van der Waals surface area contributed by atoms with Crippen molar-refractivity contribution in [2.24, 2.45) is 0 Å². The number of benzene rings is 1. The van der Waals surface area contributed by atoms with E-state index >= 15 is 0 Å². The zero-order valence-corrected chi connectivity index (χ0v) is 9.23. The number of alkyl halides is 4. The van der Waals surface area contributed by atoms with Gasteiger partial charge in [0, 0.05) is 0 Å². The van der Waals surface area contributed by atoms with Crippen LogP contribution >= 0.6 is 15.9 Å². The van der Waals surface area contributed by atoms with E-state index in [1.807, 2.05) is 0 Å². The molecule has 0 N–H and O–H groups in total. The molecule has 88 valence electrons. The molecule has 7 heteroatoms. The number of carbonyl (C=O) groups is 1. The summed E-state index contributed by atoms with van der Waals surface area (Å²) in [4.78, 5) is 11.1. The molecule has 0 aliphatic rings. The van der Waals surface area contributed by atoms with Crippen molar-refractivity contribution in [2.75, 3.05) is 5.33 Å². The van der Waals surface area contributed by atoms with Gasteiger partial charge in [-0.15, -0.1) is 13.2 Å². The van der Waals surface area contributed by atoms with E-state index in [1.54, 1.807) is 0 Å². The third-order valence-electron chi connectivity index (χ3n) is 1.61. The first-order chi connectivity index (χ1) is 7.35. The van der Waals surface area contributed by atoms with E-state index in [2.05, 4.69) is 20.7 Å². The summed E-state index contributed by atoms with van der Waals surface area (Å²) in [6, 6.07) is 3.00. The number of hydrogen-bond donors (Lipinski definition) is 0. The maximum atomic E-state index is 13.4. The Balaban J connectivity index is 3.09. The molecule has 0 saturated heterocycles. The van der Waals surface area contributed by atoms with Crippen molar-refractivity contribution < 1.29 is 27.1 Å². The van der Waals surface area contributed by atoms with Crippen LogP contribution in [-0.2, 0) is 0 Å². The Morgan fingerprint density at radius 1 is 1.38 bits per heavy atom. The molecule has 0 atom stereocenters. The molecule has 0 fully saturated rings. The lowest BCUT2D eigenvalue weighted by molar-refractivity contribution is -0.275. The smallest absolute Gasteiger partial charge is 0.403 e. The Bertz CT molecular complexity index is 403. The van der Waals surface area contributed by atoms with Crippen LogP contribution in [0, 0.1) is 5.82 Å². The van der Waals surface area contributed by atoms with Crippen LogP contribution in [0.1, 0.15) is 10.4 Å². The maximum Gasteiger partial charge on any atom is 0.573 e. The van der Waals surface area contributed by atoms with Crippen molar-refractivity contribution in [1.29, 1.82) is 0 Å². The lowest BCUT2D eigenvalue weighted by Crippen LogP contribution is -2.18. The van der Waals surface area contributed by atoms with E-state index in [0.717, 1.165) is 18.2 Å². The van der Waals surface area contributed by atoms with Crippen LogP contribution in [0.3, 0.4) is 0 Å². The fraction of sp³-hybridized carbons (Fsp3) is 0.222. The number of halogens is 5. The minimum atomic E-state index is -4.99. The first-order valence-electron chi connectivity index (χ1n) is 3.98. The standard InChI is InChI=1S/C9H5BrF4O2/c10-4-6(15)5-2-1-3-7(8(5)11)16-9(12,13)14/h1-3H,4H2. The fourth-order valence-electron chi connectivity index (χ4n) is 1.00. The highest BCUT2D eigenvalue weighted by molar-refractivity contribution is 9.09. The summed E-state index contributed by atoms with van der Waals surface area (Å²) < 4.78 is 52.4. The lowest BCUT2D eigenvalue weighted by atomic mass is 10.1. The Kier molecular flexibility index (Phi) is 3.90. The summed E-state index contributed by atoms with van der Waals surface area (Å²) in [6.45, 7) is 0. The van der Waals surface area contributed by atoms with Gasteiger partial charge < -0.3 is 4.74 Å². The summed E-state index contributed by atoms with van der Waals surface area (Å²) >= 11 is 2.79. The minimum absolute atomic E-state index is 0.181. The molecule has 1 aromatic rings. The molecule has 16 heavy (non-hydrogen) atoms. The van der Waals surface area contributed by atoms with Gasteiger partial charge >= 0.3 is 6.36 Å². The first kappa shape index (κ1) is 13.0. The molecule has 0 bridgehead atoms. The molecule has 1 aromatic carbocycles. The van der Waals surface area contributed by atoms with Crippen molar-refractivity contribution in [2.45, 2.75) is 6.36 Å². The Labute approximate surface area is 96.3 Å². The summed E-state index contributed by atoms with van der Waals surface area (Å²) in [5.74, 6) is -2.99. The SMILES string of the molecule is O=C(CBr)c1cccc(OC(F)(F)F)c1F. The highest BCUT2D eigenvalue weighted by atomic mass is 79.9. The number of carbonyl (C=O) groups excluding carboxylic acids is 1. The number of ketones is 1. The molecule has 1 rings (SSSR count). The molecule has 0 aromatic heterocycles. The van der Waals surface area contributed by atoms with Crippen molar-refractivity contribution in [3.05, 3.63) is 29.6 Å². The van der Waals surface area contributed by atoms with E-state index < -0.39 is 29.3 Å². The Morgan fingerprint density at radius 2 is 2.00 bits per heavy atom. The Hall–Kier alpha value is -1.11. The van der Waals surface area contributed by atoms with E-state index in [0.29, 0.717) is 0 Å².